The lowest BCUT2D eigenvalue weighted by Crippen LogP contribution is -2.36. The topological polar surface area (TPSA) is 43.2 Å². The number of hydrogen-bond acceptors (Lipinski definition) is 4. The largest absolute Gasteiger partial charge is 0.381 e. The number of ether oxygens (including phenoxy) is 1. The molecule has 2 aromatic heterocycles. The van der Waals surface area contributed by atoms with Crippen molar-refractivity contribution >= 4 is 17.3 Å². The van der Waals surface area contributed by atoms with E-state index in [0.29, 0.717) is 11.2 Å². The number of aromatic nitrogens is 3. The summed E-state index contributed by atoms with van der Waals surface area (Å²) in [6.07, 6.45) is 9.69. The van der Waals surface area contributed by atoms with Crippen molar-refractivity contribution in [2.75, 3.05) is 37.9 Å². The summed E-state index contributed by atoms with van der Waals surface area (Å²) in [5, 5.41) is 5.04. The molecule has 0 bridgehead atoms. The van der Waals surface area contributed by atoms with Gasteiger partial charge in [-0.25, -0.2) is 4.98 Å². The van der Waals surface area contributed by atoms with E-state index in [1.807, 2.05) is 23.1 Å². The third-order valence-electron chi connectivity index (χ3n) is 5.40. The fourth-order valence-electron chi connectivity index (χ4n) is 3.94. The van der Waals surface area contributed by atoms with Gasteiger partial charge in [-0.1, -0.05) is 11.6 Å². The van der Waals surface area contributed by atoms with Crippen LogP contribution in [0, 0.1) is 5.92 Å². The standard InChI is InChI=1S/C19H24ClFN4O/c20-19-8-18(24-5-1-2-14(9-21)12-24)17(11-22-19)15-10-23-25(13-15)16-3-6-26-7-4-16/h8,10-11,13-14,16H,1-7,9,12H2. The molecule has 2 saturated heterocycles. The lowest BCUT2D eigenvalue weighted by Gasteiger charge is -2.34. The molecule has 2 aliphatic heterocycles. The van der Waals surface area contributed by atoms with E-state index in [1.165, 1.54) is 0 Å². The lowest BCUT2D eigenvalue weighted by molar-refractivity contribution is 0.0662. The first-order valence-electron chi connectivity index (χ1n) is 9.33. The van der Waals surface area contributed by atoms with Crippen LogP contribution in [0.1, 0.15) is 31.7 Å². The van der Waals surface area contributed by atoms with Gasteiger partial charge in [-0.2, -0.15) is 5.10 Å². The van der Waals surface area contributed by atoms with E-state index in [1.54, 1.807) is 0 Å². The first-order valence-corrected chi connectivity index (χ1v) is 9.71. The van der Waals surface area contributed by atoms with Gasteiger partial charge in [0.2, 0.25) is 0 Å². The van der Waals surface area contributed by atoms with Crippen molar-refractivity contribution in [2.45, 2.75) is 31.7 Å². The van der Waals surface area contributed by atoms with Crippen LogP contribution in [0.25, 0.3) is 11.1 Å². The van der Waals surface area contributed by atoms with E-state index < -0.39 is 0 Å². The molecular weight excluding hydrogens is 355 g/mol. The first-order chi connectivity index (χ1) is 12.7. The van der Waals surface area contributed by atoms with Crippen molar-refractivity contribution < 1.29 is 9.13 Å². The number of anilines is 1. The maximum atomic E-state index is 13.2. The summed E-state index contributed by atoms with van der Waals surface area (Å²) < 4.78 is 20.7. The van der Waals surface area contributed by atoms with Gasteiger partial charge in [0.15, 0.2) is 0 Å². The number of nitrogens with zero attached hydrogens (tertiary/aromatic N) is 4. The first kappa shape index (κ1) is 17.7. The lowest BCUT2D eigenvalue weighted by atomic mass is 9.98. The van der Waals surface area contributed by atoms with Crippen LogP contribution in [0.3, 0.4) is 0 Å². The summed E-state index contributed by atoms with van der Waals surface area (Å²) in [4.78, 5) is 6.52. The van der Waals surface area contributed by atoms with Gasteiger partial charge in [0, 0.05) is 61.4 Å². The normalized spacial score (nSPS) is 21.9. The van der Waals surface area contributed by atoms with Crippen molar-refractivity contribution in [3.05, 3.63) is 29.8 Å². The number of piperidine rings is 1. The molecule has 2 aromatic rings. The highest BCUT2D eigenvalue weighted by molar-refractivity contribution is 6.29. The average molecular weight is 379 g/mol. The summed E-state index contributed by atoms with van der Waals surface area (Å²) in [5.41, 5.74) is 3.06. The van der Waals surface area contributed by atoms with Gasteiger partial charge >= 0.3 is 0 Å². The zero-order valence-corrected chi connectivity index (χ0v) is 15.5. The molecule has 0 spiro atoms. The highest BCUT2D eigenvalue weighted by Gasteiger charge is 2.24. The molecule has 140 valence electrons. The van der Waals surface area contributed by atoms with Crippen molar-refractivity contribution in [3.8, 4) is 11.1 Å². The van der Waals surface area contributed by atoms with Crippen LogP contribution >= 0.6 is 11.6 Å². The van der Waals surface area contributed by atoms with E-state index in [-0.39, 0.29) is 12.6 Å². The molecule has 0 aliphatic carbocycles. The Hall–Kier alpha value is -1.66. The van der Waals surface area contributed by atoms with E-state index in [2.05, 4.69) is 21.2 Å². The highest BCUT2D eigenvalue weighted by atomic mass is 35.5. The smallest absolute Gasteiger partial charge is 0.131 e. The van der Waals surface area contributed by atoms with E-state index in [9.17, 15) is 4.39 Å². The Morgan fingerprint density at radius 1 is 1.23 bits per heavy atom. The third kappa shape index (κ3) is 3.71. The van der Waals surface area contributed by atoms with Crippen LogP contribution in [0.15, 0.2) is 24.7 Å². The Morgan fingerprint density at radius 2 is 2.08 bits per heavy atom. The maximum absolute atomic E-state index is 13.2. The van der Waals surface area contributed by atoms with Gasteiger partial charge in [0.05, 0.1) is 18.9 Å². The van der Waals surface area contributed by atoms with Gasteiger partial charge in [0.1, 0.15) is 5.15 Å². The Balaban J connectivity index is 1.63. The van der Waals surface area contributed by atoms with Gasteiger partial charge < -0.3 is 9.64 Å². The molecule has 7 heteroatoms. The van der Waals surface area contributed by atoms with E-state index >= 15 is 0 Å². The van der Waals surface area contributed by atoms with Crippen molar-refractivity contribution in [1.29, 1.82) is 0 Å². The molecule has 0 radical (unpaired) electrons. The molecule has 26 heavy (non-hydrogen) atoms. The van der Waals surface area contributed by atoms with Crippen LogP contribution in [0.5, 0.6) is 0 Å². The zero-order valence-electron chi connectivity index (χ0n) is 14.8. The van der Waals surface area contributed by atoms with Crippen LogP contribution in [0.4, 0.5) is 10.1 Å². The number of pyridine rings is 1. The monoisotopic (exact) mass is 378 g/mol. The van der Waals surface area contributed by atoms with Gasteiger partial charge in [0.25, 0.3) is 0 Å². The second-order valence-corrected chi connectivity index (χ2v) is 7.57. The van der Waals surface area contributed by atoms with E-state index in [4.69, 9.17) is 16.3 Å². The van der Waals surface area contributed by atoms with Gasteiger partial charge in [-0.15, -0.1) is 0 Å². The second kappa shape index (κ2) is 7.92. The van der Waals surface area contributed by atoms with Crippen LogP contribution < -0.4 is 4.90 Å². The summed E-state index contributed by atoms with van der Waals surface area (Å²) in [7, 11) is 0. The minimum absolute atomic E-state index is 0.0912. The fraction of sp³-hybridized carbons (Fsp3) is 0.579. The second-order valence-electron chi connectivity index (χ2n) is 7.19. The maximum Gasteiger partial charge on any atom is 0.131 e. The molecule has 0 saturated carbocycles. The molecule has 4 rings (SSSR count). The van der Waals surface area contributed by atoms with Crippen molar-refractivity contribution in [2.24, 2.45) is 5.92 Å². The Labute approximate surface area is 158 Å². The van der Waals surface area contributed by atoms with Crippen LogP contribution in [0.2, 0.25) is 5.15 Å². The van der Waals surface area contributed by atoms with Crippen molar-refractivity contribution in [3.63, 3.8) is 0 Å². The Kier molecular flexibility index (Phi) is 5.41. The number of alkyl halides is 1. The highest BCUT2D eigenvalue weighted by Crippen LogP contribution is 2.35. The van der Waals surface area contributed by atoms with Crippen molar-refractivity contribution in [1.82, 2.24) is 14.8 Å². The third-order valence-corrected chi connectivity index (χ3v) is 5.61. The minimum Gasteiger partial charge on any atom is -0.381 e. The fourth-order valence-corrected chi connectivity index (χ4v) is 4.09. The SMILES string of the molecule is FCC1CCCN(c2cc(Cl)ncc2-c2cnn(C3CCOCC3)c2)C1. The molecule has 4 heterocycles. The molecule has 2 fully saturated rings. The molecular formula is C19H24ClFN4O. The number of halogens is 2. The molecule has 0 amide bonds. The number of hydrogen-bond donors (Lipinski definition) is 0. The Morgan fingerprint density at radius 3 is 2.88 bits per heavy atom. The van der Waals surface area contributed by atoms with Gasteiger partial charge in [-0.3, -0.25) is 9.07 Å². The summed E-state index contributed by atoms with van der Waals surface area (Å²) in [6, 6.07) is 2.27. The van der Waals surface area contributed by atoms with Crippen LogP contribution in [-0.4, -0.2) is 47.7 Å². The Bertz CT molecular complexity index is 747. The minimum atomic E-state index is -0.271. The summed E-state index contributed by atoms with van der Waals surface area (Å²) in [6.45, 7) is 2.93. The molecule has 1 unspecified atom stereocenters. The summed E-state index contributed by atoms with van der Waals surface area (Å²) >= 11 is 6.17. The predicted molar refractivity (Wildman–Crippen MR) is 100 cm³/mol. The van der Waals surface area contributed by atoms with Crippen LogP contribution in [-0.2, 0) is 4.74 Å². The quantitative estimate of drug-likeness (QED) is 0.750. The summed E-state index contributed by atoms with van der Waals surface area (Å²) in [5.74, 6) is 0.0912. The average Bonchev–Trinajstić information content (AvgIpc) is 3.18. The van der Waals surface area contributed by atoms with E-state index in [0.717, 1.165) is 68.8 Å². The van der Waals surface area contributed by atoms with Gasteiger partial charge in [-0.05, 0) is 31.7 Å². The molecule has 1 atom stereocenters. The zero-order chi connectivity index (χ0) is 17.9. The predicted octanol–water partition coefficient (Wildman–Crippen LogP) is 4.14. The number of rotatable bonds is 4. The molecule has 0 aromatic carbocycles. The molecule has 5 nitrogen and oxygen atoms in total. The molecule has 2 aliphatic rings. The molecule has 0 N–H and O–H groups in total.